The second-order valence-corrected chi connectivity index (χ2v) is 20.3. The zero-order valence-corrected chi connectivity index (χ0v) is 45.6. The Hall–Kier alpha value is -2.37. The van der Waals surface area contributed by atoms with Crippen LogP contribution in [0.2, 0.25) is 0 Å². The topological polar surface area (TPSA) is 78.9 Å². The number of allylic oxidation sites excluding steroid dienone is 6. The summed E-state index contributed by atoms with van der Waals surface area (Å²) in [5.41, 5.74) is 0. The minimum atomic E-state index is -0.778. The van der Waals surface area contributed by atoms with E-state index in [9.17, 15) is 14.4 Å². The molecule has 0 heterocycles. The number of carbonyl (C=O) groups excluding carboxylic acids is 3. The number of hydrogen-bond donors (Lipinski definition) is 0. The fourth-order valence-corrected chi connectivity index (χ4v) is 8.82. The Bertz CT molecular complexity index is 1140. The largest absolute Gasteiger partial charge is 0.462 e. The Morgan fingerprint density at radius 3 is 0.838 bits per heavy atom. The van der Waals surface area contributed by atoms with Crippen LogP contribution in [0.15, 0.2) is 36.5 Å². The van der Waals surface area contributed by atoms with Gasteiger partial charge in [0.2, 0.25) is 0 Å². The maximum absolute atomic E-state index is 12.9. The minimum Gasteiger partial charge on any atom is -0.462 e. The monoisotopic (exact) mass is 955 g/mol. The van der Waals surface area contributed by atoms with Crippen LogP contribution in [0.3, 0.4) is 0 Å². The van der Waals surface area contributed by atoms with E-state index >= 15 is 0 Å². The third-order valence-electron chi connectivity index (χ3n) is 13.4. The molecule has 68 heavy (non-hydrogen) atoms. The zero-order valence-electron chi connectivity index (χ0n) is 45.6. The van der Waals surface area contributed by atoms with Crippen molar-refractivity contribution in [1.29, 1.82) is 0 Å². The Morgan fingerprint density at radius 1 is 0.294 bits per heavy atom. The van der Waals surface area contributed by atoms with Gasteiger partial charge in [-0.25, -0.2) is 0 Å². The van der Waals surface area contributed by atoms with E-state index < -0.39 is 6.10 Å². The molecule has 0 aliphatic carbocycles. The van der Waals surface area contributed by atoms with E-state index in [1.54, 1.807) is 0 Å². The van der Waals surface area contributed by atoms with Gasteiger partial charge in [0.05, 0.1) is 0 Å². The normalized spacial score (nSPS) is 12.2. The summed E-state index contributed by atoms with van der Waals surface area (Å²) < 4.78 is 16.9. The first kappa shape index (κ1) is 65.6. The fourth-order valence-electron chi connectivity index (χ4n) is 8.82. The lowest BCUT2D eigenvalue weighted by atomic mass is 10.0. The van der Waals surface area contributed by atoms with Crippen LogP contribution >= 0.6 is 0 Å². The van der Waals surface area contributed by atoms with E-state index in [0.29, 0.717) is 19.3 Å². The van der Waals surface area contributed by atoms with Gasteiger partial charge in [0.15, 0.2) is 6.10 Å². The predicted molar refractivity (Wildman–Crippen MR) is 293 cm³/mol. The minimum absolute atomic E-state index is 0.0746. The predicted octanol–water partition coefficient (Wildman–Crippen LogP) is 20.0. The highest BCUT2D eigenvalue weighted by Gasteiger charge is 2.19. The molecule has 0 fully saturated rings. The van der Waals surface area contributed by atoms with Crippen molar-refractivity contribution in [3.63, 3.8) is 0 Å². The van der Waals surface area contributed by atoms with Gasteiger partial charge in [0.1, 0.15) is 13.2 Å². The Morgan fingerprint density at radius 2 is 0.529 bits per heavy atom. The van der Waals surface area contributed by atoms with Crippen LogP contribution in [0, 0.1) is 0 Å². The van der Waals surface area contributed by atoms with Gasteiger partial charge in [-0.2, -0.15) is 0 Å². The van der Waals surface area contributed by atoms with Crippen molar-refractivity contribution in [1.82, 2.24) is 0 Å². The molecule has 6 nitrogen and oxygen atoms in total. The van der Waals surface area contributed by atoms with Crippen LogP contribution in [0.1, 0.15) is 323 Å². The first-order valence-electron chi connectivity index (χ1n) is 30.0. The molecular weight excluding hydrogens is 841 g/mol. The average Bonchev–Trinajstić information content (AvgIpc) is 3.34. The van der Waals surface area contributed by atoms with E-state index in [4.69, 9.17) is 14.2 Å². The maximum atomic E-state index is 12.9. The lowest BCUT2D eigenvalue weighted by Gasteiger charge is -2.18. The highest BCUT2D eigenvalue weighted by molar-refractivity contribution is 5.71. The molecule has 0 spiro atoms. The number of hydrogen-bond acceptors (Lipinski definition) is 6. The highest BCUT2D eigenvalue weighted by Crippen LogP contribution is 2.16. The van der Waals surface area contributed by atoms with Gasteiger partial charge in [0, 0.05) is 19.3 Å². The molecule has 0 aromatic rings. The average molecular weight is 956 g/mol. The lowest BCUT2D eigenvalue weighted by molar-refractivity contribution is -0.167. The molecule has 0 rings (SSSR count). The summed E-state index contributed by atoms with van der Waals surface area (Å²) in [5, 5.41) is 0. The summed E-state index contributed by atoms with van der Waals surface area (Å²) in [7, 11) is 0. The van der Waals surface area contributed by atoms with Crippen LogP contribution in [0.25, 0.3) is 0 Å². The van der Waals surface area contributed by atoms with Crippen molar-refractivity contribution in [2.75, 3.05) is 13.2 Å². The number of rotatable bonds is 55. The van der Waals surface area contributed by atoms with Gasteiger partial charge >= 0.3 is 17.9 Å². The standard InChI is InChI=1S/C62H114O6/c1-4-7-10-13-16-19-22-25-28-30-31-32-35-37-40-43-46-49-52-55-61(64)67-58-59(57-66-60(63)54-51-48-45-42-39-36-33-27-24-21-18-15-12-9-6-3)68-62(65)56-53-50-47-44-41-38-34-29-26-23-20-17-14-11-8-5-2/h20,23,25,28-29,34,59H,4-19,21-22,24,26-27,30-33,35-58H2,1-3H3/b23-20-,28-25-,34-29-. The van der Waals surface area contributed by atoms with E-state index in [-0.39, 0.29) is 31.1 Å². The molecule has 0 N–H and O–H groups in total. The SMILES string of the molecule is CCCCCC/C=C\C/C=C\CCCCCCCC(=O)OC(COC(=O)CCCCCCCCCCC/C=C\CCCCCCCC)COC(=O)CCCCCCCCCCCCCCCCC. The third kappa shape index (κ3) is 54.6. The summed E-state index contributed by atoms with van der Waals surface area (Å²) in [6.45, 7) is 6.65. The van der Waals surface area contributed by atoms with Gasteiger partial charge in [-0.15, -0.1) is 0 Å². The smallest absolute Gasteiger partial charge is 0.306 e. The van der Waals surface area contributed by atoms with Crippen LogP contribution < -0.4 is 0 Å². The molecule has 0 amide bonds. The van der Waals surface area contributed by atoms with Crippen molar-refractivity contribution in [2.24, 2.45) is 0 Å². The molecular formula is C62H114O6. The lowest BCUT2D eigenvalue weighted by Crippen LogP contribution is -2.30. The van der Waals surface area contributed by atoms with Crippen molar-refractivity contribution >= 4 is 17.9 Å². The fraction of sp³-hybridized carbons (Fsp3) is 0.855. The van der Waals surface area contributed by atoms with Crippen molar-refractivity contribution in [2.45, 2.75) is 329 Å². The molecule has 0 aliphatic rings. The van der Waals surface area contributed by atoms with Crippen molar-refractivity contribution < 1.29 is 28.6 Å². The third-order valence-corrected chi connectivity index (χ3v) is 13.4. The highest BCUT2D eigenvalue weighted by atomic mass is 16.6. The molecule has 0 saturated carbocycles. The Balaban J connectivity index is 4.35. The van der Waals surface area contributed by atoms with Gasteiger partial charge in [-0.1, -0.05) is 263 Å². The molecule has 0 aromatic carbocycles. The summed E-state index contributed by atoms with van der Waals surface area (Å²) in [5.74, 6) is -0.871. The zero-order chi connectivity index (χ0) is 49.3. The second kappa shape index (κ2) is 57.2. The van der Waals surface area contributed by atoms with Crippen molar-refractivity contribution in [3.05, 3.63) is 36.5 Å². The quantitative estimate of drug-likeness (QED) is 0.0262. The second-order valence-electron chi connectivity index (χ2n) is 20.3. The summed E-state index contributed by atoms with van der Waals surface area (Å²) in [6, 6.07) is 0. The molecule has 0 bridgehead atoms. The van der Waals surface area contributed by atoms with Gasteiger partial charge in [-0.3, -0.25) is 14.4 Å². The number of esters is 3. The first-order valence-corrected chi connectivity index (χ1v) is 30.0. The van der Waals surface area contributed by atoms with Crippen LogP contribution in [-0.4, -0.2) is 37.2 Å². The summed E-state index contributed by atoms with van der Waals surface area (Å²) in [4.78, 5) is 38.2. The van der Waals surface area contributed by atoms with Crippen LogP contribution in [0.4, 0.5) is 0 Å². The van der Waals surface area contributed by atoms with Gasteiger partial charge in [0.25, 0.3) is 0 Å². The number of ether oxygens (including phenoxy) is 3. The molecule has 398 valence electrons. The summed E-state index contributed by atoms with van der Waals surface area (Å²) >= 11 is 0. The maximum Gasteiger partial charge on any atom is 0.306 e. The Kier molecular flexibility index (Phi) is 55.2. The number of unbranched alkanes of at least 4 members (excludes halogenated alkanes) is 38. The molecule has 1 atom stereocenters. The van der Waals surface area contributed by atoms with E-state index in [1.807, 2.05) is 0 Å². The molecule has 0 radical (unpaired) electrons. The van der Waals surface area contributed by atoms with Gasteiger partial charge in [-0.05, 0) is 77.0 Å². The number of carbonyl (C=O) groups is 3. The summed E-state index contributed by atoms with van der Waals surface area (Å²) in [6.07, 6.45) is 68.5. The molecule has 0 saturated heterocycles. The van der Waals surface area contributed by atoms with Crippen molar-refractivity contribution in [3.8, 4) is 0 Å². The van der Waals surface area contributed by atoms with E-state index in [0.717, 1.165) is 83.5 Å². The molecule has 0 aliphatic heterocycles. The Labute approximate surface area is 423 Å². The first-order chi connectivity index (χ1) is 33.5. The molecule has 6 heteroatoms. The van der Waals surface area contributed by atoms with Gasteiger partial charge < -0.3 is 14.2 Å². The van der Waals surface area contributed by atoms with E-state index in [2.05, 4.69) is 57.2 Å². The van der Waals surface area contributed by atoms with Crippen LogP contribution in [0.5, 0.6) is 0 Å². The van der Waals surface area contributed by atoms with Crippen LogP contribution in [-0.2, 0) is 28.6 Å². The molecule has 1 unspecified atom stereocenters. The molecule has 0 aromatic heterocycles. The van der Waals surface area contributed by atoms with E-state index in [1.165, 1.54) is 199 Å².